The number of carbonyl (C=O) groups excluding carboxylic acids is 1. The van der Waals surface area contributed by atoms with Crippen LogP contribution in [0.1, 0.15) is 22.0 Å². The largest absolute Gasteiger partial charge is 0.387 e. The van der Waals surface area contributed by atoms with Gasteiger partial charge in [0.25, 0.3) is 0 Å². The molecule has 104 valence electrons. The number of nitrogens with two attached hydrogens (primary N) is 1. The van der Waals surface area contributed by atoms with Gasteiger partial charge >= 0.3 is 0 Å². The number of carbonyl (C=O) groups is 1. The van der Waals surface area contributed by atoms with Gasteiger partial charge < -0.3 is 16.2 Å². The zero-order valence-corrected chi connectivity index (χ0v) is 10.7. The molecule has 4 N–H and O–H groups in total. The zero-order chi connectivity index (χ0) is 14.5. The monoisotopic (exact) mass is 274 g/mol. The number of rotatable bonds is 5. The number of aliphatic hydroxyl groups excluding tert-OH is 1. The minimum atomic E-state index is -0.818. The summed E-state index contributed by atoms with van der Waals surface area (Å²) < 4.78 is 13.0. The lowest BCUT2D eigenvalue weighted by molar-refractivity contribution is 0.100. The van der Waals surface area contributed by atoms with E-state index in [-0.39, 0.29) is 12.4 Å². The minimum Gasteiger partial charge on any atom is -0.387 e. The Hall–Kier alpha value is -2.40. The highest BCUT2D eigenvalue weighted by Gasteiger charge is 2.08. The number of benzene rings is 2. The predicted octanol–water partition coefficient (Wildman–Crippen LogP) is 2.07. The molecule has 5 heteroatoms. The molecule has 0 aromatic heterocycles. The van der Waals surface area contributed by atoms with Gasteiger partial charge in [0.05, 0.1) is 6.10 Å². The molecular formula is C15H15FN2O2. The highest BCUT2D eigenvalue weighted by molar-refractivity contribution is 5.93. The first kappa shape index (κ1) is 14.0. The lowest BCUT2D eigenvalue weighted by Crippen LogP contribution is -2.13. The molecular weight excluding hydrogens is 259 g/mol. The van der Waals surface area contributed by atoms with Crippen molar-refractivity contribution in [2.24, 2.45) is 5.73 Å². The first-order valence-corrected chi connectivity index (χ1v) is 6.13. The Morgan fingerprint density at radius 3 is 2.55 bits per heavy atom. The smallest absolute Gasteiger partial charge is 0.248 e. The van der Waals surface area contributed by atoms with Crippen LogP contribution in [0.3, 0.4) is 0 Å². The van der Waals surface area contributed by atoms with Crippen molar-refractivity contribution in [1.29, 1.82) is 0 Å². The minimum absolute atomic E-state index is 0.235. The molecule has 0 aliphatic carbocycles. The number of hydrogen-bond donors (Lipinski definition) is 3. The fourth-order valence-electron chi connectivity index (χ4n) is 1.80. The second kappa shape index (κ2) is 6.16. The van der Waals surface area contributed by atoms with Gasteiger partial charge in [-0.1, -0.05) is 12.1 Å². The molecule has 0 saturated heterocycles. The predicted molar refractivity (Wildman–Crippen MR) is 74.8 cm³/mol. The van der Waals surface area contributed by atoms with Crippen molar-refractivity contribution >= 4 is 11.6 Å². The van der Waals surface area contributed by atoms with Crippen LogP contribution in [0.25, 0.3) is 0 Å². The normalized spacial score (nSPS) is 11.9. The number of anilines is 1. The molecule has 0 spiro atoms. The molecule has 0 saturated carbocycles. The van der Waals surface area contributed by atoms with Crippen molar-refractivity contribution in [3.05, 3.63) is 65.5 Å². The van der Waals surface area contributed by atoms with Crippen LogP contribution in [0.2, 0.25) is 0 Å². The average Bonchev–Trinajstić information content (AvgIpc) is 2.45. The summed E-state index contributed by atoms with van der Waals surface area (Å²) in [5, 5.41) is 12.9. The van der Waals surface area contributed by atoms with E-state index in [4.69, 9.17) is 5.73 Å². The van der Waals surface area contributed by atoms with Gasteiger partial charge in [-0.15, -0.1) is 0 Å². The fraction of sp³-hybridized carbons (Fsp3) is 0.133. The highest BCUT2D eigenvalue weighted by Crippen LogP contribution is 2.16. The molecule has 1 atom stereocenters. The van der Waals surface area contributed by atoms with Crippen molar-refractivity contribution in [2.45, 2.75) is 6.10 Å². The van der Waals surface area contributed by atoms with Crippen molar-refractivity contribution in [2.75, 3.05) is 11.9 Å². The maximum absolute atomic E-state index is 13.0. The Balaban J connectivity index is 1.96. The van der Waals surface area contributed by atoms with E-state index >= 15 is 0 Å². The van der Waals surface area contributed by atoms with Crippen LogP contribution in [0.4, 0.5) is 10.1 Å². The van der Waals surface area contributed by atoms with Crippen molar-refractivity contribution in [3.8, 4) is 0 Å². The fourth-order valence-corrected chi connectivity index (χ4v) is 1.80. The van der Waals surface area contributed by atoms with Gasteiger partial charge in [0, 0.05) is 17.8 Å². The Labute approximate surface area is 116 Å². The third-order valence-corrected chi connectivity index (χ3v) is 2.90. The summed E-state index contributed by atoms with van der Waals surface area (Å²) in [6, 6.07) is 12.4. The van der Waals surface area contributed by atoms with E-state index in [1.54, 1.807) is 36.4 Å². The second-order valence-electron chi connectivity index (χ2n) is 4.39. The quantitative estimate of drug-likeness (QED) is 0.781. The summed E-state index contributed by atoms with van der Waals surface area (Å²) in [6.07, 6.45) is -0.818. The van der Waals surface area contributed by atoms with Crippen molar-refractivity contribution in [3.63, 3.8) is 0 Å². The summed E-state index contributed by atoms with van der Waals surface area (Å²) >= 11 is 0. The number of aliphatic hydroxyl groups is 1. The van der Waals surface area contributed by atoms with Gasteiger partial charge in [-0.2, -0.15) is 0 Å². The first-order chi connectivity index (χ1) is 9.56. The Bertz CT molecular complexity index is 599. The van der Waals surface area contributed by atoms with Crippen LogP contribution >= 0.6 is 0 Å². The van der Waals surface area contributed by atoms with Gasteiger partial charge in [-0.3, -0.25) is 4.79 Å². The zero-order valence-electron chi connectivity index (χ0n) is 10.7. The van der Waals surface area contributed by atoms with Crippen molar-refractivity contribution in [1.82, 2.24) is 0 Å². The number of hydrogen-bond acceptors (Lipinski definition) is 3. The van der Waals surface area contributed by atoms with Gasteiger partial charge in [0.1, 0.15) is 5.82 Å². The van der Waals surface area contributed by atoms with Gasteiger partial charge in [0.2, 0.25) is 5.91 Å². The molecule has 20 heavy (non-hydrogen) atoms. The molecule has 0 heterocycles. The molecule has 0 aliphatic rings. The van der Waals surface area contributed by atoms with E-state index in [1.807, 2.05) is 0 Å². The van der Waals surface area contributed by atoms with Crippen LogP contribution in [0.5, 0.6) is 0 Å². The van der Waals surface area contributed by atoms with E-state index in [0.717, 1.165) is 5.69 Å². The Morgan fingerprint density at radius 1 is 1.25 bits per heavy atom. The average molecular weight is 274 g/mol. The van der Waals surface area contributed by atoms with Crippen molar-refractivity contribution < 1.29 is 14.3 Å². The number of amides is 1. The van der Waals surface area contributed by atoms with Crippen LogP contribution in [-0.4, -0.2) is 17.6 Å². The van der Waals surface area contributed by atoms with E-state index < -0.39 is 12.0 Å². The SMILES string of the molecule is NC(=O)c1ccc(NCC(O)c2cccc(F)c2)cc1. The lowest BCUT2D eigenvalue weighted by atomic mass is 10.1. The summed E-state index contributed by atoms with van der Waals surface area (Å²) in [7, 11) is 0. The summed E-state index contributed by atoms with van der Waals surface area (Å²) in [5.41, 5.74) is 6.81. The van der Waals surface area contributed by atoms with E-state index in [9.17, 15) is 14.3 Å². The third kappa shape index (κ3) is 3.55. The molecule has 2 rings (SSSR count). The Morgan fingerprint density at radius 2 is 1.95 bits per heavy atom. The topological polar surface area (TPSA) is 75.4 Å². The number of halogens is 1. The molecule has 1 unspecified atom stereocenters. The molecule has 4 nitrogen and oxygen atoms in total. The molecule has 1 amide bonds. The standard InChI is InChI=1S/C15H15FN2O2/c16-12-3-1-2-11(8-12)14(19)9-18-13-6-4-10(5-7-13)15(17)20/h1-8,14,18-19H,9H2,(H2,17,20). The maximum Gasteiger partial charge on any atom is 0.248 e. The third-order valence-electron chi connectivity index (χ3n) is 2.90. The van der Waals surface area contributed by atoms with Crippen LogP contribution in [-0.2, 0) is 0 Å². The lowest BCUT2D eigenvalue weighted by Gasteiger charge is -2.13. The number of primary amides is 1. The maximum atomic E-state index is 13.0. The molecule has 0 aliphatic heterocycles. The number of nitrogens with one attached hydrogen (secondary N) is 1. The Kier molecular flexibility index (Phi) is 4.32. The second-order valence-corrected chi connectivity index (χ2v) is 4.39. The molecule has 0 radical (unpaired) electrons. The van der Waals surface area contributed by atoms with E-state index in [2.05, 4.69) is 5.32 Å². The summed E-state index contributed by atoms with van der Waals surface area (Å²) in [6.45, 7) is 0.235. The van der Waals surface area contributed by atoms with Gasteiger partial charge in [0.15, 0.2) is 0 Å². The molecule has 0 bridgehead atoms. The van der Waals surface area contributed by atoms with Crippen LogP contribution in [0.15, 0.2) is 48.5 Å². The first-order valence-electron chi connectivity index (χ1n) is 6.13. The summed E-state index contributed by atoms with van der Waals surface area (Å²) in [4.78, 5) is 10.9. The van der Waals surface area contributed by atoms with E-state index in [1.165, 1.54) is 12.1 Å². The molecule has 0 fully saturated rings. The van der Waals surface area contributed by atoms with Gasteiger partial charge in [-0.05, 0) is 42.0 Å². The van der Waals surface area contributed by atoms with Crippen LogP contribution in [0, 0.1) is 5.82 Å². The van der Waals surface area contributed by atoms with Gasteiger partial charge in [-0.25, -0.2) is 4.39 Å². The highest BCUT2D eigenvalue weighted by atomic mass is 19.1. The molecule has 2 aromatic carbocycles. The molecule has 2 aromatic rings. The van der Waals surface area contributed by atoms with E-state index in [0.29, 0.717) is 11.1 Å². The van der Waals surface area contributed by atoms with Crippen LogP contribution < -0.4 is 11.1 Å². The summed E-state index contributed by atoms with van der Waals surface area (Å²) in [5.74, 6) is -0.872.